The lowest BCUT2D eigenvalue weighted by Crippen LogP contribution is -2.38. The molecule has 0 radical (unpaired) electrons. The molecule has 0 aromatic heterocycles. The molecule has 0 amide bonds. The van der Waals surface area contributed by atoms with Gasteiger partial charge in [0.2, 0.25) is 0 Å². The lowest BCUT2D eigenvalue weighted by molar-refractivity contribution is 0.0192. The first-order chi connectivity index (χ1) is 6.16. The Balaban J connectivity index is 1.91. The Bertz CT molecular complexity index is 232. The highest BCUT2D eigenvalue weighted by Crippen LogP contribution is 2.75. The molecule has 0 bridgehead atoms. The van der Waals surface area contributed by atoms with Gasteiger partial charge in [0.1, 0.15) is 0 Å². The zero-order valence-corrected chi connectivity index (χ0v) is 9.10. The van der Waals surface area contributed by atoms with E-state index < -0.39 is 0 Å². The Kier molecular flexibility index (Phi) is 1.49. The molecule has 3 saturated carbocycles. The Morgan fingerprint density at radius 1 is 1.08 bits per heavy atom. The molecule has 0 aromatic rings. The lowest BCUT2D eigenvalue weighted by atomic mass is 9.57. The summed E-state index contributed by atoms with van der Waals surface area (Å²) in [6, 6.07) is 0. The first-order valence-electron chi connectivity index (χ1n) is 6.16. The number of rotatable bonds is 0. The van der Waals surface area contributed by atoms with E-state index in [1.165, 1.54) is 25.7 Å². The van der Waals surface area contributed by atoms with Crippen molar-refractivity contribution in [1.82, 2.24) is 0 Å². The quantitative estimate of drug-likeness (QED) is 0.526. The highest BCUT2D eigenvalue weighted by Gasteiger charge is 2.66. The Labute approximate surface area is 82.1 Å². The van der Waals surface area contributed by atoms with Crippen LogP contribution in [-0.2, 0) is 0 Å². The third kappa shape index (κ3) is 0.926. The molecule has 3 aliphatic carbocycles. The Morgan fingerprint density at radius 2 is 1.92 bits per heavy atom. The molecular formula is C13H22. The monoisotopic (exact) mass is 178 g/mol. The van der Waals surface area contributed by atoms with Gasteiger partial charge in [0, 0.05) is 0 Å². The fourth-order valence-corrected chi connectivity index (χ4v) is 4.65. The average Bonchev–Trinajstić information content (AvgIpc) is 2.77. The van der Waals surface area contributed by atoms with Gasteiger partial charge in [0.25, 0.3) is 0 Å². The van der Waals surface area contributed by atoms with Crippen LogP contribution in [0.3, 0.4) is 0 Å². The highest BCUT2D eigenvalue weighted by atomic mass is 14.7. The summed E-state index contributed by atoms with van der Waals surface area (Å²) in [5.41, 5.74) is 1.62. The van der Waals surface area contributed by atoms with Crippen LogP contribution in [0.4, 0.5) is 0 Å². The summed E-state index contributed by atoms with van der Waals surface area (Å²) in [6.07, 6.45) is 10.8. The SMILES string of the molecule is CC1CCC2(C)CCCC3CC32C1. The van der Waals surface area contributed by atoms with Gasteiger partial charge in [-0.1, -0.05) is 26.7 Å². The molecule has 0 aromatic carbocycles. The second-order valence-corrected chi connectivity index (χ2v) is 6.36. The van der Waals surface area contributed by atoms with Crippen LogP contribution in [0, 0.1) is 22.7 Å². The van der Waals surface area contributed by atoms with Gasteiger partial charge < -0.3 is 0 Å². The van der Waals surface area contributed by atoms with Crippen molar-refractivity contribution in [3.05, 3.63) is 0 Å². The second-order valence-electron chi connectivity index (χ2n) is 6.36. The van der Waals surface area contributed by atoms with E-state index in [4.69, 9.17) is 0 Å². The third-order valence-electron chi connectivity index (χ3n) is 5.62. The zero-order chi connectivity index (χ0) is 9.10. The predicted molar refractivity (Wildman–Crippen MR) is 55.5 cm³/mol. The molecule has 3 aliphatic rings. The second kappa shape index (κ2) is 2.32. The first kappa shape index (κ1) is 8.32. The number of hydrogen-bond donors (Lipinski definition) is 0. The molecule has 0 aliphatic heterocycles. The van der Waals surface area contributed by atoms with Crippen molar-refractivity contribution in [2.45, 2.75) is 58.8 Å². The molecule has 0 nitrogen and oxygen atoms in total. The van der Waals surface area contributed by atoms with Gasteiger partial charge in [-0.15, -0.1) is 0 Å². The average molecular weight is 178 g/mol. The molecule has 3 fully saturated rings. The Hall–Kier alpha value is 0. The fraction of sp³-hybridized carbons (Fsp3) is 1.00. The predicted octanol–water partition coefficient (Wildman–Crippen LogP) is 4.00. The molecule has 0 N–H and O–H groups in total. The van der Waals surface area contributed by atoms with Crippen LogP contribution < -0.4 is 0 Å². The van der Waals surface area contributed by atoms with Gasteiger partial charge in [-0.25, -0.2) is 0 Å². The minimum atomic E-state index is 0.766. The first-order valence-corrected chi connectivity index (χ1v) is 6.16. The van der Waals surface area contributed by atoms with Gasteiger partial charge in [0.05, 0.1) is 0 Å². The van der Waals surface area contributed by atoms with Crippen LogP contribution in [0.25, 0.3) is 0 Å². The van der Waals surface area contributed by atoms with E-state index >= 15 is 0 Å². The minimum absolute atomic E-state index is 0.766. The fourth-order valence-electron chi connectivity index (χ4n) is 4.65. The van der Waals surface area contributed by atoms with E-state index in [0.29, 0.717) is 0 Å². The molecule has 3 rings (SSSR count). The maximum Gasteiger partial charge on any atom is -0.0210 e. The van der Waals surface area contributed by atoms with Gasteiger partial charge in [-0.05, 0) is 54.8 Å². The van der Waals surface area contributed by atoms with Crippen LogP contribution >= 0.6 is 0 Å². The molecule has 4 unspecified atom stereocenters. The van der Waals surface area contributed by atoms with Gasteiger partial charge in [0.15, 0.2) is 0 Å². The molecule has 74 valence electrons. The summed E-state index contributed by atoms with van der Waals surface area (Å²) in [4.78, 5) is 0. The summed E-state index contributed by atoms with van der Waals surface area (Å²) < 4.78 is 0. The molecule has 13 heavy (non-hydrogen) atoms. The van der Waals surface area contributed by atoms with Crippen molar-refractivity contribution in [3.8, 4) is 0 Å². The van der Waals surface area contributed by atoms with E-state index in [2.05, 4.69) is 13.8 Å². The maximum atomic E-state index is 2.60. The zero-order valence-electron chi connectivity index (χ0n) is 9.10. The van der Waals surface area contributed by atoms with Gasteiger partial charge in [-0.2, -0.15) is 0 Å². The lowest BCUT2D eigenvalue weighted by Gasteiger charge is -2.48. The number of hydrogen-bond acceptors (Lipinski definition) is 0. The van der Waals surface area contributed by atoms with Crippen LogP contribution in [0.1, 0.15) is 58.8 Å². The molecule has 1 spiro atoms. The minimum Gasteiger partial charge on any atom is -0.0625 e. The topological polar surface area (TPSA) is 0 Å². The van der Waals surface area contributed by atoms with Gasteiger partial charge in [-0.3, -0.25) is 0 Å². The summed E-state index contributed by atoms with van der Waals surface area (Å²) >= 11 is 0. The maximum absolute atomic E-state index is 2.60. The largest absolute Gasteiger partial charge is 0.0625 e. The van der Waals surface area contributed by atoms with Crippen LogP contribution in [0.2, 0.25) is 0 Å². The van der Waals surface area contributed by atoms with E-state index in [9.17, 15) is 0 Å². The highest BCUT2D eigenvalue weighted by molar-refractivity contribution is 5.15. The van der Waals surface area contributed by atoms with E-state index in [-0.39, 0.29) is 0 Å². The van der Waals surface area contributed by atoms with Crippen molar-refractivity contribution >= 4 is 0 Å². The third-order valence-corrected chi connectivity index (χ3v) is 5.62. The van der Waals surface area contributed by atoms with Crippen molar-refractivity contribution in [1.29, 1.82) is 0 Å². The van der Waals surface area contributed by atoms with Crippen molar-refractivity contribution < 1.29 is 0 Å². The molecule has 0 saturated heterocycles. The van der Waals surface area contributed by atoms with Crippen molar-refractivity contribution in [2.24, 2.45) is 22.7 Å². The summed E-state index contributed by atoms with van der Waals surface area (Å²) in [7, 11) is 0. The molecule has 4 atom stereocenters. The summed E-state index contributed by atoms with van der Waals surface area (Å²) in [6.45, 7) is 5.07. The van der Waals surface area contributed by atoms with Crippen LogP contribution in [0.5, 0.6) is 0 Å². The standard InChI is InChI=1S/C13H22/c1-10-5-7-12(2)6-3-4-11-9-13(11,12)8-10/h10-11H,3-9H2,1-2H3. The summed E-state index contributed by atoms with van der Waals surface area (Å²) in [5.74, 6) is 2.17. The van der Waals surface area contributed by atoms with Crippen molar-refractivity contribution in [2.75, 3.05) is 0 Å². The molecule has 0 heteroatoms. The normalized spacial score (nSPS) is 59.5. The molecular weight excluding hydrogens is 156 g/mol. The van der Waals surface area contributed by atoms with Crippen LogP contribution in [-0.4, -0.2) is 0 Å². The Morgan fingerprint density at radius 3 is 2.77 bits per heavy atom. The summed E-state index contributed by atoms with van der Waals surface area (Å²) in [5, 5.41) is 0. The van der Waals surface area contributed by atoms with E-state index in [1.54, 1.807) is 19.3 Å². The smallest absolute Gasteiger partial charge is 0.0210 e. The van der Waals surface area contributed by atoms with Gasteiger partial charge >= 0.3 is 0 Å². The van der Waals surface area contributed by atoms with E-state index in [1.807, 2.05) is 0 Å². The van der Waals surface area contributed by atoms with Crippen molar-refractivity contribution in [3.63, 3.8) is 0 Å². The van der Waals surface area contributed by atoms with E-state index in [0.717, 1.165) is 22.7 Å². The molecule has 0 heterocycles. The van der Waals surface area contributed by atoms with Crippen LogP contribution in [0.15, 0.2) is 0 Å².